The molecule has 0 bridgehead atoms. The molecule has 1 saturated heterocycles. The summed E-state index contributed by atoms with van der Waals surface area (Å²) >= 11 is 0. The molecule has 1 aromatic rings. The third-order valence-electron chi connectivity index (χ3n) is 6.90. The Labute approximate surface area is 205 Å². The fraction of sp³-hybridized carbons (Fsp3) is 0.708. The van der Waals surface area contributed by atoms with E-state index in [0.29, 0.717) is 5.92 Å². The Kier molecular flexibility index (Phi) is 10.7. The molecule has 1 atom stereocenters. The molecule has 7 heteroatoms. The maximum atomic E-state index is 5.59. The summed E-state index contributed by atoms with van der Waals surface area (Å²) in [5.41, 5.74) is 1.43. The average molecular weight is 545 g/mol. The highest BCUT2D eigenvalue weighted by Crippen LogP contribution is 2.42. The van der Waals surface area contributed by atoms with E-state index in [0.717, 1.165) is 30.5 Å². The van der Waals surface area contributed by atoms with Crippen LogP contribution >= 0.6 is 24.0 Å². The molecule has 0 radical (unpaired) electrons. The van der Waals surface area contributed by atoms with Crippen molar-refractivity contribution in [1.82, 2.24) is 15.5 Å². The molecule has 176 valence electrons. The molecular weight excluding hydrogens is 503 g/mol. The quantitative estimate of drug-likeness (QED) is 0.309. The second-order valence-electron chi connectivity index (χ2n) is 8.99. The summed E-state index contributed by atoms with van der Waals surface area (Å²) < 4.78 is 11.0. The van der Waals surface area contributed by atoms with Gasteiger partial charge in [0.25, 0.3) is 0 Å². The number of ether oxygens (including phenoxy) is 2. The van der Waals surface area contributed by atoms with Crippen molar-refractivity contribution in [2.24, 2.45) is 10.9 Å². The first kappa shape index (κ1) is 26.0. The lowest BCUT2D eigenvalue weighted by Crippen LogP contribution is -2.48. The zero-order valence-electron chi connectivity index (χ0n) is 19.7. The zero-order chi connectivity index (χ0) is 21.4. The van der Waals surface area contributed by atoms with E-state index in [1.165, 1.54) is 63.6 Å². The van der Waals surface area contributed by atoms with Crippen molar-refractivity contribution in [3.05, 3.63) is 23.8 Å². The molecule has 1 unspecified atom stereocenters. The molecule has 31 heavy (non-hydrogen) atoms. The lowest BCUT2D eigenvalue weighted by atomic mass is 9.69. The first-order valence-electron chi connectivity index (χ1n) is 11.5. The molecule has 0 aromatic heterocycles. The topological polar surface area (TPSA) is 58.1 Å². The molecule has 3 rings (SSSR count). The van der Waals surface area contributed by atoms with Gasteiger partial charge in [0.05, 0.1) is 14.2 Å². The summed E-state index contributed by atoms with van der Waals surface area (Å²) in [5, 5.41) is 7.22. The third-order valence-corrected chi connectivity index (χ3v) is 6.90. The zero-order valence-corrected chi connectivity index (χ0v) is 22.0. The molecule has 2 N–H and O–H groups in total. The molecular formula is C24H41IN4O2. The van der Waals surface area contributed by atoms with Crippen LogP contribution in [0.3, 0.4) is 0 Å². The first-order valence-corrected chi connectivity index (χ1v) is 11.5. The molecule has 1 saturated carbocycles. The molecule has 0 spiro atoms. The molecule has 6 nitrogen and oxygen atoms in total. The number of nitrogens with one attached hydrogen (secondary N) is 2. The largest absolute Gasteiger partial charge is 0.493 e. The van der Waals surface area contributed by atoms with Crippen LogP contribution in [-0.4, -0.2) is 65.4 Å². The van der Waals surface area contributed by atoms with Crippen molar-refractivity contribution < 1.29 is 9.47 Å². The Hall–Kier alpha value is -1.22. The van der Waals surface area contributed by atoms with Crippen LogP contribution in [0, 0.1) is 5.92 Å². The Morgan fingerprint density at radius 3 is 2.48 bits per heavy atom. The number of methoxy groups -OCH3 is 2. The van der Waals surface area contributed by atoms with Crippen LogP contribution in [0.15, 0.2) is 23.2 Å². The van der Waals surface area contributed by atoms with Crippen LogP contribution in [0.4, 0.5) is 0 Å². The second kappa shape index (κ2) is 12.7. The van der Waals surface area contributed by atoms with Gasteiger partial charge >= 0.3 is 0 Å². The van der Waals surface area contributed by atoms with E-state index in [9.17, 15) is 0 Å². The van der Waals surface area contributed by atoms with Crippen LogP contribution in [-0.2, 0) is 5.41 Å². The Morgan fingerprint density at radius 2 is 1.84 bits per heavy atom. The number of nitrogens with zero attached hydrogens (tertiary/aromatic N) is 2. The van der Waals surface area contributed by atoms with E-state index in [1.54, 1.807) is 14.2 Å². The van der Waals surface area contributed by atoms with E-state index in [4.69, 9.17) is 9.47 Å². The minimum Gasteiger partial charge on any atom is -0.493 e. The van der Waals surface area contributed by atoms with Crippen LogP contribution in [0.1, 0.15) is 50.5 Å². The van der Waals surface area contributed by atoms with Crippen LogP contribution < -0.4 is 20.1 Å². The van der Waals surface area contributed by atoms with Crippen molar-refractivity contribution in [3.8, 4) is 11.5 Å². The fourth-order valence-corrected chi connectivity index (χ4v) is 5.12. The summed E-state index contributed by atoms with van der Waals surface area (Å²) in [6.45, 7) is 4.25. The number of hydrogen-bond acceptors (Lipinski definition) is 4. The van der Waals surface area contributed by atoms with Crippen molar-refractivity contribution in [3.63, 3.8) is 0 Å². The summed E-state index contributed by atoms with van der Waals surface area (Å²) in [6.07, 6.45) is 8.78. The van der Waals surface area contributed by atoms with Gasteiger partial charge < -0.3 is 25.0 Å². The van der Waals surface area contributed by atoms with E-state index in [1.807, 2.05) is 13.1 Å². The van der Waals surface area contributed by atoms with Gasteiger partial charge in [-0.05, 0) is 62.9 Å². The Bertz CT molecular complexity index is 707. The number of piperidine rings is 1. The minimum atomic E-state index is 0. The van der Waals surface area contributed by atoms with Crippen LogP contribution in [0.5, 0.6) is 11.5 Å². The maximum absolute atomic E-state index is 5.59. The van der Waals surface area contributed by atoms with E-state index < -0.39 is 0 Å². The fourth-order valence-electron chi connectivity index (χ4n) is 5.12. The number of halogens is 1. The highest BCUT2D eigenvalue weighted by molar-refractivity contribution is 14.0. The standard InChI is InChI=1S/C24H40N4O2.HI/c1-25-23(26-16-19-9-8-14-28(2)17-19)27-18-24(12-6-5-7-13-24)20-10-11-21(29-3)22(15-20)30-4;/h10-11,15,19H,5-9,12-14,16-18H2,1-4H3,(H2,25,26,27);1H. The van der Waals surface area contributed by atoms with Crippen molar-refractivity contribution in [2.45, 2.75) is 50.4 Å². The number of benzene rings is 1. The lowest BCUT2D eigenvalue weighted by molar-refractivity contribution is 0.210. The molecule has 0 amide bonds. The van der Waals surface area contributed by atoms with Crippen molar-refractivity contribution in [1.29, 1.82) is 0 Å². The molecule has 1 heterocycles. The highest BCUT2D eigenvalue weighted by atomic mass is 127. The van der Waals surface area contributed by atoms with Gasteiger partial charge in [0.1, 0.15) is 0 Å². The predicted octanol–water partition coefficient (Wildman–Crippen LogP) is 4.03. The number of guanidine groups is 1. The van der Waals surface area contributed by atoms with Crippen molar-refractivity contribution in [2.75, 3.05) is 54.5 Å². The normalized spacial score (nSPS) is 21.7. The molecule has 1 aliphatic carbocycles. The SMILES string of the molecule is CN=C(NCC1CCCN(C)C1)NCC1(c2ccc(OC)c(OC)c2)CCCCC1.I. The summed E-state index contributed by atoms with van der Waals surface area (Å²) in [6, 6.07) is 6.42. The Balaban J connectivity index is 0.00000341. The summed E-state index contributed by atoms with van der Waals surface area (Å²) in [4.78, 5) is 6.93. The number of aliphatic imine (C=N–C) groups is 1. The maximum Gasteiger partial charge on any atom is 0.191 e. The van der Waals surface area contributed by atoms with Crippen LogP contribution in [0.25, 0.3) is 0 Å². The molecule has 2 fully saturated rings. The lowest BCUT2D eigenvalue weighted by Gasteiger charge is -2.39. The molecule has 1 aromatic carbocycles. The monoisotopic (exact) mass is 544 g/mol. The van der Waals surface area contributed by atoms with Gasteiger partial charge in [-0.1, -0.05) is 25.3 Å². The van der Waals surface area contributed by atoms with Gasteiger partial charge in [-0.15, -0.1) is 24.0 Å². The summed E-state index contributed by atoms with van der Waals surface area (Å²) in [5.74, 6) is 3.20. The van der Waals surface area contributed by atoms with Gasteiger partial charge in [-0.2, -0.15) is 0 Å². The smallest absolute Gasteiger partial charge is 0.191 e. The van der Waals surface area contributed by atoms with E-state index in [2.05, 4.69) is 39.7 Å². The third kappa shape index (κ3) is 6.88. The number of hydrogen-bond donors (Lipinski definition) is 2. The summed E-state index contributed by atoms with van der Waals surface area (Å²) in [7, 11) is 7.48. The predicted molar refractivity (Wildman–Crippen MR) is 139 cm³/mol. The number of likely N-dealkylation sites (tertiary alicyclic amines) is 1. The molecule has 2 aliphatic rings. The van der Waals surface area contributed by atoms with E-state index in [-0.39, 0.29) is 29.4 Å². The van der Waals surface area contributed by atoms with Gasteiger partial charge in [0.15, 0.2) is 17.5 Å². The van der Waals surface area contributed by atoms with Gasteiger partial charge in [0, 0.05) is 32.1 Å². The first-order chi connectivity index (χ1) is 14.6. The van der Waals surface area contributed by atoms with Crippen LogP contribution in [0.2, 0.25) is 0 Å². The second-order valence-corrected chi connectivity index (χ2v) is 8.99. The van der Waals surface area contributed by atoms with Crippen molar-refractivity contribution >= 4 is 29.9 Å². The average Bonchev–Trinajstić information content (AvgIpc) is 2.79. The van der Waals surface area contributed by atoms with Gasteiger partial charge in [0.2, 0.25) is 0 Å². The highest BCUT2D eigenvalue weighted by Gasteiger charge is 2.35. The van der Waals surface area contributed by atoms with Gasteiger partial charge in [-0.25, -0.2) is 0 Å². The Morgan fingerprint density at radius 1 is 1.10 bits per heavy atom. The van der Waals surface area contributed by atoms with E-state index >= 15 is 0 Å². The number of rotatable bonds is 7. The molecule has 1 aliphatic heterocycles. The minimum absolute atomic E-state index is 0. The van der Waals surface area contributed by atoms with Gasteiger partial charge in [-0.3, -0.25) is 4.99 Å².